The molecule has 0 aromatic carbocycles. The first-order chi connectivity index (χ1) is 7.54. The average molecular weight is 262 g/mol. The number of nitrogens with zero attached hydrogens (tertiary/aromatic N) is 2. The summed E-state index contributed by atoms with van der Waals surface area (Å²) in [5.41, 5.74) is 0.160. The molecule has 0 atom stereocenters. The van der Waals surface area contributed by atoms with E-state index in [-0.39, 0.29) is 17.3 Å². The summed E-state index contributed by atoms with van der Waals surface area (Å²) in [5, 5.41) is 7.07. The van der Waals surface area contributed by atoms with E-state index in [1.807, 2.05) is 0 Å². The summed E-state index contributed by atoms with van der Waals surface area (Å²) in [6, 6.07) is 0. The second kappa shape index (κ2) is 5.57. The zero-order chi connectivity index (χ0) is 12.1. The highest BCUT2D eigenvalue weighted by Crippen LogP contribution is 2.16. The number of aromatic nitrogens is 1. The van der Waals surface area contributed by atoms with Gasteiger partial charge in [0, 0.05) is 12.3 Å². The Balaban J connectivity index is 2.95. The van der Waals surface area contributed by atoms with Gasteiger partial charge in [-0.1, -0.05) is 5.16 Å². The number of nitrogens with one attached hydrogen (secondary N) is 1. The number of carbonyl (C=O) groups excluding carboxylic acids is 2. The molecule has 6 nitrogen and oxygen atoms in total. The van der Waals surface area contributed by atoms with Gasteiger partial charge in [-0.05, 0) is 11.6 Å². The van der Waals surface area contributed by atoms with E-state index in [1.165, 1.54) is 14.0 Å². The van der Waals surface area contributed by atoms with Gasteiger partial charge in [-0.15, -0.1) is 11.3 Å². The zero-order valence-corrected chi connectivity index (χ0v) is 10.1. The van der Waals surface area contributed by atoms with Crippen molar-refractivity contribution in [3.63, 3.8) is 0 Å². The molecule has 16 heavy (non-hydrogen) atoms. The van der Waals surface area contributed by atoms with E-state index in [4.69, 9.17) is 11.6 Å². The number of halogens is 1. The Morgan fingerprint density at radius 1 is 1.62 bits per heavy atom. The summed E-state index contributed by atoms with van der Waals surface area (Å²) in [7, 11) is 1.29. The highest BCUT2D eigenvalue weighted by Gasteiger charge is 2.16. The maximum atomic E-state index is 11.0. The molecule has 0 radical (unpaired) electrons. The molecule has 1 amide bonds. The SMILES string of the molecule is CON=C(C(=O)Cl)c1csc(NC(C)=O)n1. The van der Waals surface area contributed by atoms with E-state index >= 15 is 0 Å². The highest BCUT2D eigenvalue weighted by molar-refractivity contribution is 7.14. The first-order valence-electron chi connectivity index (χ1n) is 4.09. The molecule has 1 N–H and O–H groups in total. The molecule has 1 aromatic heterocycles. The standard InChI is InChI=1S/C8H8ClN3O3S/c1-4(13)10-8-11-5(3-16-8)6(7(9)14)12-15-2/h3H,1-2H3,(H,10,11,13). The van der Waals surface area contributed by atoms with E-state index in [0.717, 1.165) is 11.3 Å². The monoisotopic (exact) mass is 261 g/mol. The first kappa shape index (κ1) is 12.6. The predicted molar refractivity (Wildman–Crippen MR) is 60.8 cm³/mol. The third kappa shape index (κ3) is 3.28. The Kier molecular flexibility index (Phi) is 4.39. The fraction of sp³-hybridized carbons (Fsp3) is 0.250. The maximum absolute atomic E-state index is 11.0. The molecule has 1 aromatic rings. The smallest absolute Gasteiger partial charge is 0.276 e. The van der Waals surface area contributed by atoms with Gasteiger partial charge in [0.25, 0.3) is 5.24 Å². The summed E-state index contributed by atoms with van der Waals surface area (Å²) in [6.07, 6.45) is 0. The van der Waals surface area contributed by atoms with Gasteiger partial charge in [-0.25, -0.2) is 4.98 Å². The molecule has 0 bridgehead atoms. The molecule has 0 saturated heterocycles. The van der Waals surface area contributed by atoms with E-state index < -0.39 is 5.24 Å². The van der Waals surface area contributed by atoms with Crippen LogP contribution in [0, 0.1) is 0 Å². The van der Waals surface area contributed by atoms with Crippen LogP contribution in [0.4, 0.5) is 5.13 Å². The van der Waals surface area contributed by atoms with Gasteiger partial charge in [0.2, 0.25) is 5.91 Å². The molecule has 1 heterocycles. The van der Waals surface area contributed by atoms with Gasteiger partial charge >= 0.3 is 0 Å². The lowest BCUT2D eigenvalue weighted by Gasteiger charge is -1.95. The number of hydrogen-bond acceptors (Lipinski definition) is 6. The first-order valence-corrected chi connectivity index (χ1v) is 5.34. The molecule has 86 valence electrons. The minimum absolute atomic E-state index is 0.1000. The van der Waals surface area contributed by atoms with Crippen LogP contribution in [0.5, 0.6) is 0 Å². The Bertz CT molecular complexity index is 443. The lowest BCUT2D eigenvalue weighted by molar-refractivity contribution is -0.114. The van der Waals surface area contributed by atoms with Gasteiger partial charge in [0.1, 0.15) is 12.8 Å². The summed E-state index contributed by atoms with van der Waals surface area (Å²) in [6.45, 7) is 1.36. The van der Waals surface area contributed by atoms with Gasteiger partial charge in [-0.2, -0.15) is 0 Å². The van der Waals surface area contributed by atoms with E-state index in [0.29, 0.717) is 5.13 Å². The number of thiazole rings is 1. The highest BCUT2D eigenvalue weighted by atomic mass is 35.5. The van der Waals surface area contributed by atoms with Crippen molar-refractivity contribution in [2.45, 2.75) is 6.92 Å². The average Bonchev–Trinajstić information content (AvgIpc) is 2.60. The number of anilines is 1. The van der Waals surface area contributed by atoms with Crippen molar-refractivity contribution in [3.05, 3.63) is 11.1 Å². The van der Waals surface area contributed by atoms with Crippen LogP contribution < -0.4 is 5.32 Å². The quantitative estimate of drug-likeness (QED) is 0.502. The van der Waals surface area contributed by atoms with Crippen molar-refractivity contribution in [2.75, 3.05) is 12.4 Å². The minimum Gasteiger partial charge on any atom is -0.398 e. The molecule has 0 aliphatic heterocycles. The third-order valence-corrected chi connectivity index (χ3v) is 2.34. The minimum atomic E-state index is -0.776. The van der Waals surface area contributed by atoms with Crippen LogP contribution in [0.1, 0.15) is 12.6 Å². The summed E-state index contributed by atoms with van der Waals surface area (Å²) < 4.78 is 0. The second-order valence-corrected chi connectivity index (χ2v) is 3.82. The Morgan fingerprint density at radius 2 is 2.31 bits per heavy atom. The Morgan fingerprint density at radius 3 is 2.81 bits per heavy atom. The van der Waals surface area contributed by atoms with Gasteiger partial charge in [0.15, 0.2) is 10.8 Å². The van der Waals surface area contributed by atoms with Crippen LogP contribution in [-0.2, 0) is 14.4 Å². The molecule has 1 rings (SSSR count). The van der Waals surface area contributed by atoms with E-state index in [1.54, 1.807) is 5.38 Å². The molecule has 0 fully saturated rings. The molecule has 0 aliphatic carbocycles. The predicted octanol–water partition coefficient (Wildman–Crippen LogP) is 1.22. The van der Waals surface area contributed by atoms with E-state index in [2.05, 4.69) is 20.3 Å². The van der Waals surface area contributed by atoms with Crippen LogP contribution in [-0.4, -0.2) is 29.0 Å². The van der Waals surface area contributed by atoms with Gasteiger partial charge < -0.3 is 10.2 Å². The van der Waals surface area contributed by atoms with Gasteiger partial charge in [-0.3, -0.25) is 9.59 Å². The van der Waals surface area contributed by atoms with Crippen LogP contribution >= 0.6 is 22.9 Å². The largest absolute Gasteiger partial charge is 0.398 e. The number of carbonyl (C=O) groups is 2. The molecule has 0 saturated carbocycles. The summed E-state index contributed by atoms with van der Waals surface area (Å²) in [4.78, 5) is 30.2. The topological polar surface area (TPSA) is 80.6 Å². The maximum Gasteiger partial charge on any atom is 0.276 e. The summed E-state index contributed by atoms with van der Waals surface area (Å²) in [5.74, 6) is -0.247. The van der Waals surface area contributed by atoms with E-state index in [9.17, 15) is 9.59 Å². The lowest BCUT2D eigenvalue weighted by atomic mass is 10.3. The van der Waals surface area contributed by atoms with Crippen molar-refractivity contribution in [2.24, 2.45) is 5.16 Å². The van der Waals surface area contributed by atoms with Crippen molar-refractivity contribution in [1.29, 1.82) is 0 Å². The van der Waals surface area contributed by atoms with Crippen LogP contribution in [0.25, 0.3) is 0 Å². The Labute approximate surface area is 100 Å². The summed E-state index contributed by atoms with van der Waals surface area (Å²) >= 11 is 6.46. The molecule has 0 spiro atoms. The van der Waals surface area contributed by atoms with Crippen molar-refractivity contribution in [3.8, 4) is 0 Å². The number of rotatable bonds is 4. The molecule has 0 aliphatic rings. The third-order valence-electron chi connectivity index (χ3n) is 1.40. The second-order valence-electron chi connectivity index (χ2n) is 2.62. The van der Waals surface area contributed by atoms with Crippen LogP contribution in [0.15, 0.2) is 10.5 Å². The molecular formula is C8H8ClN3O3S. The fourth-order valence-electron chi connectivity index (χ4n) is 0.865. The zero-order valence-electron chi connectivity index (χ0n) is 8.48. The Hall–Kier alpha value is -1.47. The lowest BCUT2D eigenvalue weighted by Crippen LogP contribution is -2.11. The van der Waals surface area contributed by atoms with Crippen molar-refractivity contribution in [1.82, 2.24) is 4.98 Å². The molecular weight excluding hydrogens is 254 g/mol. The van der Waals surface area contributed by atoms with Crippen LogP contribution in [0.2, 0.25) is 0 Å². The molecule has 8 heteroatoms. The normalized spacial score (nSPS) is 11.1. The molecule has 0 unspecified atom stereocenters. The van der Waals surface area contributed by atoms with Crippen LogP contribution in [0.3, 0.4) is 0 Å². The van der Waals surface area contributed by atoms with Crippen molar-refractivity contribution < 1.29 is 14.4 Å². The fourth-order valence-corrected chi connectivity index (χ4v) is 1.74. The number of amides is 1. The van der Waals surface area contributed by atoms with Gasteiger partial charge in [0.05, 0.1) is 0 Å². The number of hydrogen-bond donors (Lipinski definition) is 1. The van der Waals surface area contributed by atoms with Crippen molar-refractivity contribution >= 4 is 44.9 Å². The number of oxime groups is 1.